The third kappa shape index (κ3) is 3.10. The molecular formula is C17H20ClN7O2. The summed E-state index contributed by atoms with van der Waals surface area (Å²) in [6.07, 6.45) is 6.53. The molecule has 5 rings (SSSR count). The first kappa shape index (κ1) is 16.8. The van der Waals surface area contributed by atoms with E-state index in [1.165, 1.54) is 0 Å². The Bertz CT molecular complexity index is 985. The van der Waals surface area contributed by atoms with E-state index in [-0.39, 0.29) is 6.10 Å². The number of hydrogen-bond donors (Lipinski definition) is 1. The number of halogens is 1. The summed E-state index contributed by atoms with van der Waals surface area (Å²) in [5.41, 5.74) is 1.47. The van der Waals surface area contributed by atoms with Crippen molar-refractivity contribution in [3.63, 3.8) is 0 Å². The van der Waals surface area contributed by atoms with Crippen LogP contribution in [0.2, 0.25) is 5.15 Å². The van der Waals surface area contributed by atoms with Crippen molar-refractivity contribution >= 4 is 34.3 Å². The number of aryl methyl sites for hydroxylation is 1. The largest absolute Gasteiger partial charge is 0.475 e. The van der Waals surface area contributed by atoms with Gasteiger partial charge in [-0.3, -0.25) is 4.68 Å². The summed E-state index contributed by atoms with van der Waals surface area (Å²) in [7, 11) is 0. The Morgan fingerprint density at radius 1 is 1.30 bits per heavy atom. The molecule has 1 saturated heterocycles. The summed E-state index contributed by atoms with van der Waals surface area (Å²) in [5.74, 6) is 1.03. The fourth-order valence-electron chi connectivity index (χ4n) is 3.61. The topological polar surface area (TPSA) is 91.9 Å². The molecule has 2 aliphatic rings. The molecule has 0 aromatic carbocycles. The van der Waals surface area contributed by atoms with E-state index in [1.54, 1.807) is 10.9 Å². The van der Waals surface area contributed by atoms with Crippen LogP contribution in [0.5, 0.6) is 5.88 Å². The van der Waals surface area contributed by atoms with Gasteiger partial charge in [0, 0.05) is 25.8 Å². The number of nitrogens with zero attached hydrogens (tertiary/aromatic N) is 6. The highest BCUT2D eigenvalue weighted by atomic mass is 35.5. The van der Waals surface area contributed by atoms with Crippen molar-refractivity contribution in [3.05, 3.63) is 17.5 Å². The van der Waals surface area contributed by atoms with Gasteiger partial charge in [-0.05, 0) is 19.8 Å². The van der Waals surface area contributed by atoms with Crippen LogP contribution in [0.15, 0.2) is 12.4 Å². The fourth-order valence-corrected chi connectivity index (χ4v) is 3.84. The van der Waals surface area contributed by atoms with Gasteiger partial charge in [0.15, 0.2) is 10.8 Å². The van der Waals surface area contributed by atoms with Gasteiger partial charge in [-0.1, -0.05) is 11.6 Å². The number of nitrogens with one attached hydrogen (secondary N) is 1. The van der Waals surface area contributed by atoms with E-state index in [0.29, 0.717) is 41.8 Å². The Kier molecular flexibility index (Phi) is 4.13. The molecule has 0 unspecified atom stereocenters. The summed E-state index contributed by atoms with van der Waals surface area (Å²) in [5, 5.41) is 13.4. The van der Waals surface area contributed by atoms with Gasteiger partial charge in [-0.15, -0.1) is 5.10 Å². The molecule has 2 atom stereocenters. The summed E-state index contributed by atoms with van der Waals surface area (Å²) >= 11 is 6.20. The highest BCUT2D eigenvalue weighted by Gasteiger charge is 2.24. The van der Waals surface area contributed by atoms with E-state index in [4.69, 9.17) is 21.1 Å². The third-order valence-corrected chi connectivity index (χ3v) is 5.25. The summed E-state index contributed by atoms with van der Waals surface area (Å²) in [4.78, 5) is 8.96. The van der Waals surface area contributed by atoms with Crippen molar-refractivity contribution in [3.8, 4) is 5.88 Å². The van der Waals surface area contributed by atoms with Crippen molar-refractivity contribution in [1.29, 1.82) is 0 Å². The minimum atomic E-state index is 0.232. The summed E-state index contributed by atoms with van der Waals surface area (Å²) in [6, 6.07) is 0.295. The molecule has 9 nitrogen and oxygen atoms in total. The molecule has 27 heavy (non-hydrogen) atoms. The Balaban J connectivity index is 1.51. The van der Waals surface area contributed by atoms with Gasteiger partial charge in [-0.2, -0.15) is 10.1 Å². The van der Waals surface area contributed by atoms with Crippen molar-refractivity contribution in [1.82, 2.24) is 29.5 Å². The van der Waals surface area contributed by atoms with Gasteiger partial charge in [0.1, 0.15) is 5.69 Å². The Morgan fingerprint density at radius 2 is 2.22 bits per heavy atom. The van der Waals surface area contributed by atoms with Crippen LogP contribution in [0.1, 0.15) is 32.2 Å². The quantitative estimate of drug-likeness (QED) is 0.684. The predicted molar refractivity (Wildman–Crippen MR) is 99.6 cm³/mol. The minimum Gasteiger partial charge on any atom is -0.475 e. The van der Waals surface area contributed by atoms with E-state index < -0.39 is 0 Å². The maximum Gasteiger partial charge on any atom is 0.256 e. The van der Waals surface area contributed by atoms with Crippen LogP contribution >= 0.6 is 11.6 Å². The smallest absolute Gasteiger partial charge is 0.256 e. The van der Waals surface area contributed by atoms with Crippen LogP contribution in [-0.4, -0.2) is 48.8 Å². The first-order valence-corrected chi connectivity index (χ1v) is 9.55. The van der Waals surface area contributed by atoms with Gasteiger partial charge in [0.25, 0.3) is 5.88 Å². The Hall–Kier alpha value is -2.39. The highest BCUT2D eigenvalue weighted by molar-refractivity contribution is 6.34. The average Bonchev–Trinajstić information content (AvgIpc) is 3.19. The van der Waals surface area contributed by atoms with Crippen LogP contribution in [0.4, 0.5) is 11.6 Å². The predicted octanol–water partition coefficient (Wildman–Crippen LogP) is 2.94. The van der Waals surface area contributed by atoms with Crippen LogP contribution < -0.4 is 10.1 Å². The Labute approximate surface area is 160 Å². The minimum absolute atomic E-state index is 0.232. The zero-order valence-electron chi connectivity index (χ0n) is 14.9. The molecule has 142 valence electrons. The maximum absolute atomic E-state index is 6.20. The average molecular weight is 390 g/mol. The van der Waals surface area contributed by atoms with Gasteiger partial charge < -0.3 is 14.8 Å². The maximum atomic E-state index is 6.20. The number of hydrogen-bond acceptors (Lipinski definition) is 7. The SMILES string of the molecule is C[C@H]1C[C@@H](n2cc3c(n2)OCCCn2nc(Cl)c4cnc(nc42)N3)CCO1. The molecule has 0 radical (unpaired) electrons. The zero-order chi connectivity index (χ0) is 18.4. The van der Waals surface area contributed by atoms with Gasteiger partial charge in [0.2, 0.25) is 5.95 Å². The summed E-state index contributed by atoms with van der Waals surface area (Å²) < 4.78 is 15.4. The lowest BCUT2D eigenvalue weighted by molar-refractivity contribution is 0.00327. The molecule has 2 bridgehead atoms. The van der Waals surface area contributed by atoms with Crippen molar-refractivity contribution < 1.29 is 9.47 Å². The lowest BCUT2D eigenvalue weighted by Crippen LogP contribution is -2.25. The molecule has 1 N–H and O–H groups in total. The van der Waals surface area contributed by atoms with E-state index in [9.17, 15) is 0 Å². The molecule has 10 heteroatoms. The second-order valence-corrected chi connectivity index (χ2v) is 7.32. The first-order valence-electron chi connectivity index (χ1n) is 9.17. The van der Waals surface area contributed by atoms with Gasteiger partial charge in [-0.25, -0.2) is 9.67 Å². The standard InChI is InChI=1S/C17H20ClN7O2/c1-10-7-11(3-6-26-10)25-9-13-16(23-25)27-5-2-4-24-15-12(14(18)22-24)8-19-17(20-13)21-15/h8-11H,2-7H2,1H3,(H,19,20,21)/t10-,11-/m0/s1. The molecule has 0 spiro atoms. The van der Waals surface area contributed by atoms with E-state index >= 15 is 0 Å². The van der Waals surface area contributed by atoms with Crippen molar-refractivity contribution in [2.45, 2.75) is 44.9 Å². The fraction of sp³-hybridized carbons (Fsp3) is 0.529. The molecule has 2 aliphatic heterocycles. The molecule has 0 amide bonds. The van der Waals surface area contributed by atoms with E-state index in [1.807, 2.05) is 10.9 Å². The lowest BCUT2D eigenvalue weighted by atomic mass is 10.1. The van der Waals surface area contributed by atoms with Crippen LogP contribution in [0.25, 0.3) is 11.0 Å². The van der Waals surface area contributed by atoms with Gasteiger partial charge >= 0.3 is 0 Å². The second kappa shape index (κ2) is 6.65. The number of rotatable bonds is 1. The monoisotopic (exact) mass is 389 g/mol. The van der Waals surface area contributed by atoms with E-state index in [2.05, 4.69) is 32.4 Å². The third-order valence-electron chi connectivity index (χ3n) is 4.97. The number of anilines is 2. The second-order valence-electron chi connectivity index (χ2n) is 6.96. The molecule has 0 aliphatic carbocycles. The molecule has 0 saturated carbocycles. The number of fused-ring (bicyclic) bond motifs is 2. The van der Waals surface area contributed by atoms with Crippen LogP contribution in [0.3, 0.4) is 0 Å². The van der Waals surface area contributed by atoms with Crippen LogP contribution in [-0.2, 0) is 11.3 Å². The zero-order valence-corrected chi connectivity index (χ0v) is 15.7. The molecule has 3 aromatic heterocycles. The number of aromatic nitrogens is 6. The normalized spacial score (nSPS) is 22.7. The Morgan fingerprint density at radius 3 is 3.11 bits per heavy atom. The van der Waals surface area contributed by atoms with Crippen molar-refractivity contribution in [2.75, 3.05) is 18.5 Å². The first-order chi connectivity index (χ1) is 13.2. The lowest BCUT2D eigenvalue weighted by Gasteiger charge is -2.27. The van der Waals surface area contributed by atoms with Crippen molar-refractivity contribution in [2.24, 2.45) is 0 Å². The molecule has 5 heterocycles. The number of ether oxygens (including phenoxy) is 2. The summed E-state index contributed by atoms with van der Waals surface area (Å²) in [6.45, 7) is 4.02. The molecular weight excluding hydrogens is 370 g/mol. The van der Waals surface area contributed by atoms with Gasteiger partial charge in [0.05, 0.1) is 30.3 Å². The highest BCUT2D eigenvalue weighted by Crippen LogP contribution is 2.32. The van der Waals surface area contributed by atoms with E-state index in [0.717, 1.165) is 36.9 Å². The molecule has 1 fully saturated rings. The van der Waals surface area contributed by atoms with Crippen LogP contribution in [0, 0.1) is 0 Å². The molecule has 3 aromatic rings.